The van der Waals surface area contributed by atoms with Crippen LogP contribution < -0.4 is 15.0 Å². The van der Waals surface area contributed by atoms with Gasteiger partial charge in [-0.25, -0.2) is 14.4 Å². The Labute approximate surface area is 296 Å². The Kier molecular flexibility index (Phi) is 11.2. The maximum absolute atomic E-state index is 14.4. The van der Waals surface area contributed by atoms with Gasteiger partial charge >= 0.3 is 0 Å². The van der Waals surface area contributed by atoms with Crippen LogP contribution in [0.3, 0.4) is 0 Å². The van der Waals surface area contributed by atoms with E-state index >= 15 is 0 Å². The average Bonchev–Trinajstić information content (AvgIpc) is 3.85. The Morgan fingerprint density at radius 1 is 1.04 bits per heavy atom. The van der Waals surface area contributed by atoms with Crippen molar-refractivity contribution in [3.8, 4) is 11.5 Å². The number of ether oxygens (including phenoxy) is 1. The molecule has 1 spiro atoms. The number of halogens is 3. The molecule has 0 radical (unpaired) electrons. The number of aromatic nitrogens is 2. The smallest absolute Gasteiger partial charge is 0.258 e. The normalized spacial score (nSPS) is 25.7. The van der Waals surface area contributed by atoms with Crippen LogP contribution in [0, 0.1) is 29.0 Å². The third-order valence-corrected chi connectivity index (χ3v) is 11.4. The number of amides is 2. The predicted octanol–water partition coefficient (Wildman–Crippen LogP) is 6.50. The molecule has 1 N–H and O–H groups in total. The van der Waals surface area contributed by atoms with Crippen molar-refractivity contribution in [3.05, 3.63) is 42.1 Å². The van der Waals surface area contributed by atoms with Crippen LogP contribution in [0.4, 0.5) is 10.2 Å². The molecule has 264 valence electrons. The molecule has 2 saturated carbocycles. The number of anilines is 1. The number of fused-ring (bicyclic) bond motifs is 3. The fraction of sp³-hybridized carbons (Fsp3) is 0.667. The van der Waals surface area contributed by atoms with Crippen molar-refractivity contribution in [2.45, 2.75) is 103 Å². The highest BCUT2D eigenvalue weighted by Crippen LogP contribution is 2.47. The molecule has 1 aromatic carbocycles. The molecule has 48 heavy (non-hydrogen) atoms. The summed E-state index contributed by atoms with van der Waals surface area (Å²) in [5.74, 6) is 3.11. The van der Waals surface area contributed by atoms with Gasteiger partial charge in [0, 0.05) is 49.7 Å². The van der Waals surface area contributed by atoms with Crippen LogP contribution in [-0.4, -0.2) is 81.9 Å². The van der Waals surface area contributed by atoms with Gasteiger partial charge in [0.25, 0.3) is 5.91 Å². The van der Waals surface area contributed by atoms with Gasteiger partial charge < -0.3 is 24.8 Å². The quantitative estimate of drug-likeness (QED) is 0.319. The van der Waals surface area contributed by atoms with Crippen molar-refractivity contribution in [1.82, 2.24) is 25.1 Å². The molecule has 4 saturated heterocycles. The van der Waals surface area contributed by atoms with Gasteiger partial charge in [-0.3, -0.25) is 9.59 Å². The first kappa shape index (κ1) is 36.6. The van der Waals surface area contributed by atoms with Gasteiger partial charge in [0.05, 0.1) is 17.8 Å². The van der Waals surface area contributed by atoms with Gasteiger partial charge in [0.15, 0.2) is 11.6 Å². The lowest BCUT2D eigenvalue weighted by Crippen LogP contribution is -2.65. The lowest BCUT2D eigenvalue weighted by atomic mass is 9.68. The van der Waals surface area contributed by atoms with Gasteiger partial charge in [0.2, 0.25) is 5.91 Å². The van der Waals surface area contributed by atoms with Crippen molar-refractivity contribution >= 4 is 42.4 Å². The fourth-order valence-corrected chi connectivity index (χ4v) is 8.83. The number of likely N-dealkylation sites (tertiary alicyclic amines) is 1. The molecule has 5 heterocycles. The lowest BCUT2D eigenvalue weighted by Gasteiger charge is -2.55. The van der Waals surface area contributed by atoms with E-state index in [-0.39, 0.29) is 65.6 Å². The molecule has 2 amide bonds. The van der Waals surface area contributed by atoms with Gasteiger partial charge in [-0.1, -0.05) is 12.8 Å². The highest BCUT2D eigenvalue weighted by molar-refractivity contribution is 5.97. The molecule has 6 fully saturated rings. The van der Waals surface area contributed by atoms with E-state index in [9.17, 15) is 14.0 Å². The van der Waals surface area contributed by atoms with E-state index in [1.807, 2.05) is 27.7 Å². The van der Waals surface area contributed by atoms with Crippen LogP contribution in [0.15, 0.2) is 30.7 Å². The SMILES string of the molecule is CC(C)N(C(=O)c1cc(F)ccc1Oc1cncnc1N1CC2(CCN(C(=O)[C@H]3N[C@H]4CC[C@@H]3C[C@H]4CC3CC3)CC2)C1)C(C)C.Cl.Cl. The maximum atomic E-state index is 14.4. The summed E-state index contributed by atoms with van der Waals surface area (Å²) in [4.78, 5) is 42.0. The minimum Gasteiger partial charge on any atom is -0.451 e. The number of benzene rings is 1. The second kappa shape index (κ2) is 14.7. The second-order valence-electron chi connectivity index (χ2n) is 15.3. The van der Waals surface area contributed by atoms with E-state index in [1.165, 1.54) is 63.1 Å². The fourth-order valence-electron chi connectivity index (χ4n) is 8.83. The number of piperidine rings is 3. The Morgan fingerprint density at radius 3 is 2.38 bits per heavy atom. The summed E-state index contributed by atoms with van der Waals surface area (Å²) in [5.41, 5.74) is 0.313. The molecule has 2 bridgehead atoms. The van der Waals surface area contributed by atoms with Crippen LogP contribution in [-0.2, 0) is 4.79 Å². The van der Waals surface area contributed by atoms with Crippen molar-refractivity contribution in [2.75, 3.05) is 31.1 Å². The van der Waals surface area contributed by atoms with Crippen LogP contribution in [0.5, 0.6) is 11.5 Å². The molecule has 9 nitrogen and oxygen atoms in total. The largest absolute Gasteiger partial charge is 0.451 e. The highest BCUT2D eigenvalue weighted by Gasteiger charge is 2.50. The van der Waals surface area contributed by atoms with Crippen molar-refractivity contribution < 1.29 is 18.7 Å². The number of hydrogen-bond acceptors (Lipinski definition) is 7. The van der Waals surface area contributed by atoms with E-state index in [1.54, 1.807) is 11.1 Å². The average molecular weight is 706 g/mol. The third-order valence-electron chi connectivity index (χ3n) is 11.4. The molecule has 0 unspecified atom stereocenters. The minimum atomic E-state index is -0.494. The number of rotatable bonds is 9. The molecule has 12 heteroatoms. The van der Waals surface area contributed by atoms with E-state index < -0.39 is 5.82 Å². The standard InChI is InChI=1S/C36H49FN6O3.2ClH/c1-22(2)43(23(3)4)34(44)28-17-27(37)8-10-30(28)46-31-18-38-21-39-33(31)42-19-36(20-42)11-13-41(14-12-36)35(45)32-25-7-9-29(40-32)26(16-25)15-24-5-6-24;;/h8,10,17-18,21-26,29,32,40H,5-7,9,11-16,19-20H2,1-4H3;2*1H/t25-,26-,29+,32+;;/m1../s1. The Morgan fingerprint density at radius 2 is 1.75 bits per heavy atom. The Bertz CT molecular complexity index is 1450. The van der Waals surface area contributed by atoms with Gasteiger partial charge in [-0.05, 0) is 102 Å². The van der Waals surface area contributed by atoms with Crippen molar-refractivity contribution in [3.63, 3.8) is 0 Å². The zero-order chi connectivity index (χ0) is 32.2. The summed E-state index contributed by atoms with van der Waals surface area (Å²) in [6.07, 6.45) is 12.9. The molecule has 8 rings (SSSR count). The first-order chi connectivity index (χ1) is 22.1. The first-order valence-electron chi connectivity index (χ1n) is 17.5. The maximum Gasteiger partial charge on any atom is 0.258 e. The Balaban J connectivity index is 0.00000225. The zero-order valence-corrected chi connectivity index (χ0v) is 30.2. The summed E-state index contributed by atoms with van der Waals surface area (Å²) >= 11 is 0. The molecule has 1 aromatic heterocycles. The minimum absolute atomic E-state index is 0. The van der Waals surface area contributed by atoms with Gasteiger partial charge in [-0.15, -0.1) is 24.8 Å². The molecular weight excluding hydrogens is 654 g/mol. The molecule has 2 aliphatic carbocycles. The summed E-state index contributed by atoms with van der Waals surface area (Å²) in [6, 6.07) is 4.45. The summed E-state index contributed by atoms with van der Waals surface area (Å²) in [6.45, 7) is 11.0. The first-order valence-corrected chi connectivity index (χ1v) is 17.5. The van der Waals surface area contributed by atoms with Crippen LogP contribution in [0.2, 0.25) is 0 Å². The van der Waals surface area contributed by atoms with Gasteiger partial charge in [-0.2, -0.15) is 0 Å². The van der Waals surface area contributed by atoms with E-state index in [0.29, 0.717) is 29.4 Å². The topological polar surface area (TPSA) is 90.9 Å². The molecule has 4 atom stereocenters. The van der Waals surface area contributed by atoms with Crippen LogP contribution in [0.1, 0.15) is 89.4 Å². The lowest BCUT2D eigenvalue weighted by molar-refractivity contribution is -0.140. The van der Waals surface area contributed by atoms with E-state index in [0.717, 1.165) is 50.9 Å². The molecule has 6 aliphatic rings. The third kappa shape index (κ3) is 7.26. The number of nitrogens with zero attached hydrogens (tertiary/aromatic N) is 5. The van der Waals surface area contributed by atoms with E-state index in [2.05, 4.69) is 25.1 Å². The number of nitrogens with one attached hydrogen (secondary N) is 1. The van der Waals surface area contributed by atoms with E-state index in [4.69, 9.17) is 4.74 Å². The summed E-state index contributed by atoms with van der Waals surface area (Å²) in [5, 5.41) is 3.80. The summed E-state index contributed by atoms with van der Waals surface area (Å²) in [7, 11) is 0. The molecular formula is C36H51Cl2FN6O3. The van der Waals surface area contributed by atoms with Crippen LogP contribution >= 0.6 is 24.8 Å². The monoisotopic (exact) mass is 704 g/mol. The Hall–Kier alpha value is -2.69. The predicted molar refractivity (Wildman–Crippen MR) is 189 cm³/mol. The van der Waals surface area contributed by atoms with Gasteiger partial charge in [0.1, 0.15) is 17.9 Å². The van der Waals surface area contributed by atoms with Crippen LogP contribution in [0.25, 0.3) is 0 Å². The molecule has 4 aliphatic heterocycles. The van der Waals surface area contributed by atoms with Crippen molar-refractivity contribution in [2.24, 2.45) is 23.2 Å². The number of carbonyl (C=O) groups is 2. The summed E-state index contributed by atoms with van der Waals surface area (Å²) < 4.78 is 20.7. The number of hydrogen-bond donors (Lipinski definition) is 1. The van der Waals surface area contributed by atoms with Crippen molar-refractivity contribution in [1.29, 1.82) is 0 Å². The second-order valence-corrected chi connectivity index (χ2v) is 15.3. The zero-order valence-electron chi connectivity index (χ0n) is 28.6. The highest BCUT2D eigenvalue weighted by atomic mass is 35.5. The number of carbonyl (C=O) groups excluding carboxylic acids is 2. The molecule has 2 aromatic rings.